The molecule has 1 aromatic carbocycles. The van der Waals surface area contributed by atoms with Gasteiger partial charge in [0.15, 0.2) is 0 Å². The van der Waals surface area contributed by atoms with E-state index in [-0.39, 0.29) is 6.42 Å². The quantitative estimate of drug-likeness (QED) is 0.532. The predicted octanol–water partition coefficient (Wildman–Crippen LogP) is 2.09. The molecule has 1 rings (SSSR count). The minimum absolute atomic E-state index is 0.206. The highest BCUT2D eigenvalue weighted by Gasteiger charge is 2.10. The molecule has 74 valence electrons. The molecule has 0 saturated carbocycles. The highest BCUT2D eigenvalue weighted by molar-refractivity contribution is 5.96. The standard InChI is InChI=1S/C11H12O3/c1-3-10(12)14-11(13)9-6-4-8(2)5-7-9/h4-7H,3H2,1-2H3. The van der Waals surface area contributed by atoms with Gasteiger partial charge in [0.25, 0.3) is 0 Å². The number of rotatable bonds is 2. The Morgan fingerprint density at radius 3 is 2.29 bits per heavy atom. The summed E-state index contributed by atoms with van der Waals surface area (Å²) < 4.78 is 4.55. The molecular weight excluding hydrogens is 180 g/mol. The normalized spacial score (nSPS) is 9.57. The van der Waals surface area contributed by atoms with Crippen molar-refractivity contribution in [2.45, 2.75) is 20.3 Å². The molecule has 0 atom stereocenters. The smallest absolute Gasteiger partial charge is 0.345 e. The largest absolute Gasteiger partial charge is 0.389 e. The molecule has 0 aliphatic heterocycles. The Morgan fingerprint density at radius 1 is 1.21 bits per heavy atom. The predicted molar refractivity (Wildman–Crippen MR) is 51.9 cm³/mol. The van der Waals surface area contributed by atoms with Gasteiger partial charge in [-0.1, -0.05) is 24.6 Å². The van der Waals surface area contributed by atoms with Crippen LogP contribution in [0.3, 0.4) is 0 Å². The van der Waals surface area contributed by atoms with Crippen LogP contribution in [0.2, 0.25) is 0 Å². The van der Waals surface area contributed by atoms with Gasteiger partial charge in [-0.2, -0.15) is 0 Å². The van der Waals surface area contributed by atoms with E-state index in [0.29, 0.717) is 5.56 Å². The Hall–Kier alpha value is -1.64. The minimum Gasteiger partial charge on any atom is -0.389 e. The number of ether oxygens (including phenoxy) is 1. The van der Waals surface area contributed by atoms with Gasteiger partial charge in [-0.15, -0.1) is 0 Å². The maximum Gasteiger partial charge on any atom is 0.345 e. The first kappa shape index (κ1) is 10.4. The summed E-state index contributed by atoms with van der Waals surface area (Å²) in [5.41, 5.74) is 1.46. The zero-order valence-electron chi connectivity index (χ0n) is 8.24. The molecule has 0 spiro atoms. The van der Waals surface area contributed by atoms with Gasteiger partial charge in [0, 0.05) is 6.42 Å². The molecule has 3 heteroatoms. The molecule has 0 radical (unpaired) electrons. The second-order valence-electron chi connectivity index (χ2n) is 2.98. The van der Waals surface area contributed by atoms with Crippen LogP contribution in [0.5, 0.6) is 0 Å². The van der Waals surface area contributed by atoms with E-state index in [9.17, 15) is 9.59 Å². The maximum absolute atomic E-state index is 11.3. The summed E-state index contributed by atoms with van der Waals surface area (Å²) in [5, 5.41) is 0. The molecule has 0 aromatic heterocycles. The molecule has 0 aliphatic carbocycles. The van der Waals surface area contributed by atoms with Crippen molar-refractivity contribution >= 4 is 11.9 Å². The second-order valence-corrected chi connectivity index (χ2v) is 2.98. The highest BCUT2D eigenvalue weighted by atomic mass is 16.6. The van der Waals surface area contributed by atoms with Gasteiger partial charge in [0.1, 0.15) is 0 Å². The van der Waals surface area contributed by atoms with E-state index in [1.165, 1.54) is 0 Å². The van der Waals surface area contributed by atoms with Crippen LogP contribution in [0.15, 0.2) is 24.3 Å². The summed E-state index contributed by atoms with van der Waals surface area (Å²) in [7, 11) is 0. The average molecular weight is 192 g/mol. The van der Waals surface area contributed by atoms with Crippen LogP contribution in [0.1, 0.15) is 29.3 Å². The molecule has 0 bridgehead atoms. The van der Waals surface area contributed by atoms with Crippen molar-refractivity contribution in [3.05, 3.63) is 35.4 Å². The SMILES string of the molecule is CCC(=O)OC(=O)c1ccc(C)cc1. The second kappa shape index (κ2) is 4.56. The molecule has 0 N–H and O–H groups in total. The van der Waals surface area contributed by atoms with E-state index < -0.39 is 11.9 Å². The lowest BCUT2D eigenvalue weighted by atomic mass is 10.1. The Kier molecular flexibility index (Phi) is 3.40. The molecule has 0 fully saturated rings. The van der Waals surface area contributed by atoms with Crippen LogP contribution < -0.4 is 0 Å². The first-order valence-electron chi connectivity index (χ1n) is 4.45. The van der Waals surface area contributed by atoms with Gasteiger partial charge < -0.3 is 4.74 Å². The van der Waals surface area contributed by atoms with Crippen LogP contribution in [0, 0.1) is 6.92 Å². The van der Waals surface area contributed by atoms with Gasteiger partial charge in [0.2, 0.25) is 0 Å². The Bertz CT molecular complexity index is 338. The number of aryl methyl sites for hydroxylation is 1. The summed E-state index contributed by atoms with van der Waals surface area (Å²) in [5.74, 6) is -1.09. The van der Waals surface area contributed by atoms with E-state index >= 15 is 0 Å². The van der Waals surface area contributed by atoms with Crippen molar-refractivity contribution in [2.24, 2.45) is 0 Å². The third kappa shape index (κ3) is 2.69. The van der Waals surface area contributed by atoms with Gasteiger partial charge in [-0.25, -0.2) is 4.79 Å². The van der Waals surface area contributed by atoms with Gasteiger partial charge in [-0.3, -0.25) is 4.79 Å². The maximum atomic E-state index is 11.3. The lowest BCUT2D eigenvalue weighted by Crippen LogP contribution is -2.11. The molecule has 0 saturated heterocycles. The summed E-state index contributed by atoms with van der Waals surface area (Å²) in [6, 6.07) is 6.88. The molecule has 0 heterocycles. The van der Waals surface area contributed by atoms with Crippen LogP contribution in [-0.2, 0) is 9.53 Å². The third-order valence-corrected chi connectivity index (χ3v) is 1.78. The van der Waals surface area contributed by atoms with Gasteiger partial charge >= 0.3 is 11.9 Å². The first-order chi connectivity index (χ1) is 6.63. The number of benzene rings is 1. The highest BCUT2D eigenvalue weighted by Crippen LogP contribution is 2.05. The Morgan fingerprint density at radius 2 is 1.79 bits per heavy atom. The lowest BCUT2D eigenvalue weighted by molar-refractivity contribution is -0.137. The van der Waals surface area contributed by atoms with Crippen LogP contribution in [0.4, 0.5) is 0 Å². The number of carbonyl (C=O) groups excluding carboxylic acids is 2. The van der Waals surface area contributed by atoms with Crippen molar-refractivity contribution in [1.29, 1.82) is 0 Å². The molecular formula is C11H12O3. The summed E-state index contributed by atoms with van der Waals surface area (Å²) in [6.07, 6.45) is 0.206. The number of hydrogen-bond acceptors (Lipinski definition) is 3. The van der Waals surface area contributed by atoms with E-state index in [1.807, 2.05) is 6.92 Å². The van der Waals surface area contributed by atoms with Gasteiger partial charge in [-0.05, 0) is 19.1 Å². The molecule has 0 aliphatic rings. The molecule has 3 nitrogen and oxygen atoms in total. The zero-order chi connectivity index (χ0) is 10.6. The Labute approximate surface area is 82.7 Å². The van der Waals surface area contributed by atoms with Crippen molar-refractivity contribution in [1.82, 2.24) is 0 Å². The summed E-state index contributed by atoms with van der Waals surface area (Å²) in [4.78, 5) is 22.1. The Balaban J connectivity index is 2.70. The number of carbonyl (C=O) groups is 2. The van der Waals surface area contributed by atoms with Crippen molar-refractivity contribution in [2.75, 3.05) is 0 Å². The molecule has 0 unspecified atom stereocenters. The van der Waals surface area contributed by atoms with Crippen LogP contribution >= 0.6 is 0 Å². The average Bonchev–Trinajstić information content (AvgIpc) is 2.18. The van der Waals surface area contributed by atoms with Crippen molar-refractivity contribution in [3.8, 4) is 0 Å². The van der Waals surface area contributed by atoms with Gasteiger partial charge in [0.05, 0.1) is 5.56 Å². The fraction of sp³-hybridized carbons (Fsp3) is 0.273. The lowest BCUT2D eigenvalue weighted by Gasteiger charge is -2.01. The monoisotopic (exact) mass is 192 g/mol. The van der Waals surface area contributed by atoms with E-state index in [4.69, 9.17) is 0 Å². The summed E-state index contributed by atoms with van der Waals surface area (Å²) >= 11 is 0. The molecule has 14 heavy (non-hydrogen) atoms. The fourth-order valence-electron chi connectivity index (χ4n) is 0.924. The van der Waals surface area contributed by atoms with E-state index in [0.717, 1.165) is 5.56 Å². The summed E-state index contributed by atoms with van der Waals surface area (Å²) in [6.45, 7) is 3.57. The fourth-order valence-corrected chi connectivity index (χ4v) is 0.924. The van der Waals surface area contributed by atoms with Crippen molar-refractivity contribution < 1.29 is 14.3 Å². The van der Waals surface area contributed by atoms with Crippen LogP contribution in [-0.4, -0.2) is 11.9 Å². The topological polar surface area (TPSA) is 43.4 Å². The first-order valence-corrected chi connectivity index (χ1v) is 4.45. The van der Waals surface area contributed by atoms with Crippen LogP contribution in [0.25, 0.3) is 0 Å². The van der Waals surface area contributed by atoms with E-state index in [2.05, 4.69) is 4.74 Å². The van der Waals surface area contributed by atoms with Crippen molar-refractivity contribution in [3.63, 3.8) is 0 Å². The molecule has 1 aromatic rings. The number of esters is 2. The molecule has 0 amide bonds. The van der Waals surface area contributed by atoms with E-state index in [1.54, 1.807) is 31.2 Å². The third-order valence-electron chi connectivity index (χ3n) is 1.78. The number of hydrogen-bond donors (Lipinski definition) is 0. The zero-order valence-corrected chi connectivity index (χ0v) is 8.24. The minimum atomic E-state index is -0.586.